The Labute approximate surface area is 162 Å². The molecule has 0 radical (unpaired) electrons. The lowest BCUT2D eigenvalue weighted by Gasteiger charge is -2.18. The smallest absolute Gasteiger partial charge is 0.251 e. The Balaban J connectivity index is 1.53. The first-order valence-electron chi connectivity index (χ1n) is 9.10. The predicted molar refractivity (Wildman–Crippen MR) is 106 cm³/mol. The number of hydrogen-bond acceptors (Lipinski definition) is 5. The Morgan fingerprint density at radius 1 is 1.26 bits per heavy atom. The number of carbonyl (C=O) groups is 1. The summed E-state index contributed by atoms with van der Waals surface area (Å²) in [5.41, 5.74) is 2.00. The summed E-state index contributed by atoms with van der Waals surface area (Å²) in [5, 5.41) is 12.6. The molecule has 6 nitrogen and oxygen atoms in total. The standard InChI is InChI=1S/C20H23N5OS/c1-13-8-9-27-18(13)12-25-10-16(19-21-14(2)23-24-19)17(11-25)22-20(26)15-6-4-3-5-7-15/h3-9,16-17H,10-12H2,1-2H3,(H,22,26)(H,21,23,24)/t16-,17-/m1/s1. The number of benzene rings is 1. The van der Waals surface area contributed by atoms with Crippen LogP contribution >= 0.6 is 11.3 Å². The van der Waals surface area contributed by atoms with Crippen LogP contribution in [0.5, 0.6) is 0 Å². The van der Waals surface area contributed by atoms with Crippen LogP contribution in [0.1, 0.15) is 38.4 Å². The highest BCUT2D eigenvalue weighted by atomic mass is 32.1. The summed E-state index contributed by atoms with van der Waals surface area (Å²) in [6, 6.07) is 11.5. The van der Waals surface area contributed by atoms with Gasteiger partial charge < -0.3 is 5.32 Å². The first-order chi connectivity index (χ1) is 13.1. The van der Waals surface area contributed by atoms with E-state index >= 15 is 0 Å². The molecule has 0 spiro atoms. The fourth-order valence-electron chi connectivity index (χ4n) is 3.56. The van der Waals surface area contributed by atoms with Gasteiger partial charge in [0.2, 0.25) is 0 Å². The maximum atomic E-state index is 12.7. The highest BCUT2D eigenvalue weighted by molar-refractivity contribution is 7.10. The van der Waals surface area contributed by atoms with Gasteiger partial charge in [-0.25, -0.2) is 4.98 Å². The fourth-order valence-corrected chi connectivity index (χ4v) is 4.51. The van der Waals surface area contributed by atoms with E-state index < -0.39 is 0 Å². The fraction of sp³-hybridized carbons (Fsp3) is 0.350. The van der Waals surface area contributed by atoms with E-state index in [1.54, 1.807) is 11.3 Å². The number of amides is 1. The third-order valence-corrected chi connectivity index (χ3v) is 6.04. The average Bonchev–Trinajstić information content (AvgIpc) is 3.37. The van der Waals surface area contributed by atoms with E-state index in [4.69, 9.17) is 0 Å². The van der Waals surface area contributed by atoms with Crippen LogP contribution < -0.4 is 5.32 Å². The zero-order chi connectivity index (χ0) is 18.8. The molecule has 3 heterocycles. The molecular weight excluding hydrogens is 358 g/mol. The number of nitrogens with zero attached hydrogens (tertiary/aromatic N) is 3. The number of H-pyrrole nitrogens is 1. The van der Waals surface area contributed by atoms with Crippen LogP contribution in [0.2, 0.25) is 0 Å². The van der Waals surface area contributed by atoms with Gasteiger partial charge in [0.1, 0.15) is 5.82 Å². The zero-order valence-electron chi connectivity index (χ0n) is 15.5. The van der Waals surface area contributed by atoms with Crippen molar-refractivity contribution < 1.29 is 4.79 Å². The van der Waals surface area contributed by atoms with Crippen molar-refractivity contribution in [3.63, 3.8) is 0 Å². The van der Waals surface area contributed by atoms with Crippen molar-refractivity contribution in [2.24, 2.45) is 0 Å². The van der Waals surface area contributed by atoms with Gasteiger partial charge in [-0.2, -0.15) is 5.10 Å². The second-order valence-electron chi connectivity index (χ2n) is 7.05. The first kappa shape index (κ1) is 17.9. The van der Waals surface area contributed by atoms with E-state index in [1.807, 2.05) is 37.3 Å². The van der Waals surface area contributed by atoms with Crippen molar-refractivity contribution in [2.45, 2.75) is 32.4 Å². The number of thiophene rings is 1. The molecule has 27 heavy (non-hydrogen) atoms. The lowest BCUT2D eigenvalue weighted by Crippen LogP contribution is -2.40. The molecule has 1 amide bonds. The van der Waals surface area contributed by atoms with Crippen LogP contribution in [-0.4, -0.2) is 45.1 Å². The van der Waals surface area contributed by atoms with E-state index in [0.717, 1.165) is 31.3 Å². The summed E-state index contributed by atoms with van der Waals surface area (Å²) >= 11 is 1.78. The zero-order valence-corrected chi connectivity index (χ0v) is 16.3. The molecule has 3 aromatic rings. The number of likely N-dealkylation sites (tertiary alicyclic amines) is 1. The minimum Gasteiger partial charge on any atom is -0.347 e. The van der Waals surface area contributed by atoms with Gasteiger partial charge in [-0.15, -0.1) is 11.3 Å². The second-order valence-corrected chi connectivity index (χ2v) is 8.05. The van der Waals surface area contributed by atoms with E-state index in [0.29, 0.717) is 5.56 Å². The minimum atomic E-state index is -0.0491. The Morgan fingerprint density at radius 3 is 2.74 bits per heavy atom. The van der Waals surface area contributed by atoms with Crippen LogP contribution in [-0.2, 0) is 6.54 Å². The maximum absolute atomic E-state index is 12.7. The SMILES string of the molecule is Cc1nc([C@@H]2CN(Cc3sccc3C)C[C@H]2NC(=O)c2ccccc2)n[nH]1. The number of aryl methyl sites for hydroxylation is 2. The minimum absolute atomic E-state index is 0.0202. The van der Waals surface area contributed by atoms with Crippen LogP contribution in [0.15, 0.2) is 41.8 Å². The molecule has 0 aliphatic carbocycles. The molecule has 0 saturated carbocycles. The molecular formula is C20H23N5OS. The Morgan fingerprint density at radius 2 is 2.07 bits per heavy atom. The van der Waals surface area contributed by atoms with E-state index in [1.165, 1.54) is 10.4 Å². The topological polar surface area (TPSA) is 73.9 Å². The van der Waals surface area contributed by atoms with Crippen LogP contribution in [0.3, 0.4) is 0 Å². The van der Waals surface area contributed by atoms with Crippen molar-refractivity contribution in [3.8, 4) is 0 Å². The number of aromatic amines is 1. The van der Waals surface area contributed by atoms with Gasteiger partial charge in [0.15, 0.2) is 5.82 Å². The third kappa shape index (κ3) is 3.94. The molecule has 2 atom stereocenters. The highest BCUT2D eigenvalue weighted by Crippen LogP contribution is 2.28. The summed E-state index contributed by atoms with van der Waals surface area (Å²) in [6.45, 7) is 6.55. The van der Waals surface area contributed by atoms with E-state index in [9.17, 15) is 4.79 Å². The lowest BCUT2D eigenvalue weighted by atomic mass is 10.0. The highest BCUT2D eigenvalue weighted by Gasteiger charge is 2.37. The molecule has 1 saturated heterocycles. The quantitative estimate of drug-likeness (QED) is 0.713. The van der Waals surface area contributed by atoms with Gasteiger partial charge >= 0.3 is 0 Å². The molecule has 1 aliphatic heterocycles. The van der Waals surface area contributed by atoms with Gasteiger partial charge in [0.05, 0.1) is 12.0 Å². The molecule has 1 fully saturated rings. The second kappa shape index (κ2) is 7.62. The van der Waals surface area contributed by atoms with Crippen molar-refractivity contribution >= 4 is 17.2 Å². The van der Waals surface area contributed by atoms with Crippen LogP contribution in [0.25, 0.3) is 0 Å². The molecule has 1 aromatic carbocycles. The molecule has 2 N–H and O–H groups in total. The van der Waals surface area contributed by atoms with Gasteiger partial charge in [0, 0.05) is 30.1 Å². The predicted octanol–water partition coefficient (Wildman–Crippen LogP) is 2.88. The van der Waals surface area contributed by atoms with Crippen molar-refractivity contribution in [1.29, 1.82) is 0 Å². The summed E-state index contributed by atoms with van der Waals surface area (Å²) < 4.78 is 0. The summed E-state index contributed by atoms with van der Waals surface area (Å²) in [6.07, 6.45) is 0. The number of nitrogens with one attached hydrogen (secondary N) is 2. The normalized spacial score (nSPS) is 20.1. The Kier molecular flexibility index (Phi) is 5.05. The van der Waals surface area contributed by atoms with E-state index in [2.05, 4.69) is 43.8 Å². The molecule has 140 valence electrons. The maximum Gasteiger partial charge on any atom is 0.251 e. The monoisotopic (exact) mass is 381 g/mol. The molecule has 4 rings (SSSR count). The van der Waals surface area contributed by atoms with Crippen LogP contribution in [0.4, 0.5) is 0 Å². The molecule has 7 heteroatoms. The van der Waals surface area contributed by atoms with Gasteiger partial charge in [-0.1, -0.05) is 18.2 Å². The van der Waals surface area contributed by atoms with Gasteiger partial charge in [-0.05, 0) is 43.0 Å². The number of aromatic nitrogens is 3. The van der Waals surface area contributed by atoms with E-state index in [-0.39, 0.29) is 17.9 Å². The molecule has 0 unspecified atom stereocenters. The first-order valence-corrected chi connectivity index (χ1v) is 9.98. The largest absolute Gasteiger partial charge is 0.347 e. The molecule has 1 aliphatic rings. The Bertz CT molecular complexity index is 919. The number of carbonyl (C=O) groups excluding carboxylic acids is 1. The summed E-state index contributed by atoms with van der Waals surface area (Å²) in [4.78, 5) is 21.0. The average molecular weight is 382 g/mol. The van der Waals surface area contributed by atoms with Crippen molar-refractivity contribution in [1.82, 2.24) is 25.4 Å². The van der Waals surface area contributed by atoms with Crippen molar-refractivity contribution in [3.05, 3.63) is 69.4 Å². The summed E-state index contributed by atoms with van der Waals surface area (Å²) in [7, 11) is 0. The van der Waals surface area contributed by atoms with Gasteiger partial charge in [0.25, 0.3) is 5.91 Å². The summed E-state index contributed by atoms with van der Waals surface area (Å²) in [5.74, 6) is 1.59. The third-order valence-electron chi connectivity index (χ3n) is 5.03. The Hall–Kier alpha value is -2.51. The lowest BCUT2D eigenvalue weighted by molar-refractivity contribution is 0.0934. The van der Waals surface area contributed by atoms with Crippen molar-refractivity contribution in [2.75, 3.05) is 13.1 Å². The van der Waals surface area contributed by atoms with Gasteiger partial charge in [-0.3, -0.25) is 14.8 Å². The molecule has 2 aromatic heterocycles. The molecule has 0 bridgehead atoms. The number of rotatable bonds is 5. The number of hydrogen-bond donors (Lipinski definition) is 2. The van der Waals surface area contributed by atoms with Crippen LogP contribution in [0, 0.1) is 13.8 Å².